The van der Waals surface area contributed by atoms with Crippen LogP contribution in [0.25, 0.3) is 0 Å². The van der Waals surface area contributed by atoms with Crippen molar-refractivity contribution >= 4 is 11.7 Å². The summed E-state index contributed by atoms with van der Waals surface area (Å²) in [6.45, 7) is 5.52. The van der Waals surface area contributed by atoms with Crippen LogP contribution < -0.4 is 5.32 Å². The topological polar surface area (TPSA) is 81.6 Å². The van der Waals surface area contributed by atoms with Crippen LogP contribution in [0.3, 0.4) is 0 Å². The van der Waals surface area contributed by atoms with Crippen molar-refractivity contribution in [3.8, 4) is 0 Å². The van der Waals surface area contributed by atoms with Crippen LogP contribution >= 0.6 is 0 Å². The Morgan fingerprint density at radius 3 is 2.82 bits per heavy atom. The van der Waals surface area contributed by atoms with Crippen LogP contribution in [0.4, 0.5) is 5.82 Å². The maximum Gasteiger partial charge on any atom is 0.236 e. The van der Waals surface area contributed by atoms with E-state index in [4.69, 9.17) is 0 Å². The Hall–Kier alpha value is -1.73. The Bertz CT molecular complexity index is 535. The third-order valence-electron chi connectivity index (χ3n) is 4.18. The lowest BCUT2D eigenvalue weighted by Crippen LogP contribution is -2.52. The fraction of sp³-hybridized carbons (Fsp3) is 0.667. The Kier molecular flexibility index (Phi) is 5.31. The van der Waals surface area contributed by atoms with Gasteiger partial charge in [-0.15, -0.1) is 0 Å². The van der Waals surface area contributed by atoms with E-state index in [2.05, 4.69) is 15.3 Å². The zero-order valence-electron chi connectivity index (χ0n) is 13.7. The highest BCUT2D eigenvalue weighted by Gasteiger charge is 2.29. The number of hydrogen-bond acceptors (Lipinski definition) is 6. The second-order valence-electron chi connectivity index (χ2n) is 6.06. The van der Waals surface area contributed by atoms with Crippen molar-refractivity contribution in [3.63, 3.8) is 0 Å². The maximum atomic E-state index is 11.7. The van der Waals surface area contributed by atoms with E-state index < -0.39 is 6.10 Å². The van der Waals surface area contributed by atoms with Gasteiger partial charge in [-0.25, -0.2) is 9.97 Å². The van der Waals surface area contributed by atoms with Gasteiger partial charge in [0.2, 0.25) is 5.91 Å². The van der Waals surface area contributed by atoms with E-state index in [9.17, 15) is 9.90 Å². The van der Waals surface area contributed by atoms with Crippen molar-refractivity contribution in [2.45, 2.75) is 32.4 Å². The number of likely N-dealkylation sites (tertiary alicyclic amines) is 1. The minimum atomic E-state index is -0.529. The lowest BCUT2D eigenvalue weighted by molar-refractivity contribution is -0.130. The lowest BCUT2D eigenvalue weighted by Gasteiger charge is -2.36. The average Bonchev–Trinajstić information content (AvgIpc) is 2.46. The first-order valence-corrected chi connectivity index (χ1v) is 7.53. The van der Waals surface area contributed by atoms with Gasteiger partial charge in [0.25, 0.3) is 0 Å². The first-order chi connectivity index (χ1) is 10.4. The molecule has 1 fully saturated rings. The average molecular weight is 307 g/mol. The van der Waals surface area contributed by atoms with Crippen molar-refractivity contribution in [2.75, 3.05) is 39.0 Å². The standard InChI is InChI=1S/C15H25N5O2/c1-10-11(2)16-9-17-15(10)18-12-5-6-20(7-13(12)21)8-14(22)19(3)4/h9,12-13,21H,5-8H2,1-4H3,(H,16,17,18)/t12-,13-/m1/s1. The van der Waals surface area contributed by atoms with Crippen molar-refractivity contribution in [2.24, 2.45) is 0 Å². The number of β-amino-alcohol motifs (C(OH)–C–C–N with tert-alkyl or cyclic N) is 1. The number of rotatable bonds is 4. The zero-order chi connectivity index (χ0) is 16.3. The fourth-order valence-electron chi connectivity index (χ4n) is 2.50. The minimum Gasteiger partial charge on any atom is -0.390 e. The molecule has 1 aromatic rings. The number of aliphatic hydroxyl groups is 1. The molecule has 1 aliphatic rings. The molecule has 22 heavy (non-hydrogen) atoms. The zero-order valence-corrected chi connectivity index (χ0v) is 13.7. The molecule has 0 saturated carbocycles. The molecule has 2 atom stereocenters. The predicted octanol–water partition coefficient (Wildman–Crippen LogP) is 0.0287. The van der Waals surface area contributed by atoms with E-state index in [-0.39, 0.29) is 11.9 Å². The van der Waals surface area contributed by atoms with Gasteiger partial charge in [-0.2, -0.15) is 0 Å². The number of aryl methyl sites for hydroxylation is 1. The number of amides is 1. The molecule has 2 rings (SSSR count). The molecule has 0 spiro atoms. The number of anilines is 1. The van der Waals surface area contributed by atoms with Crippen LogP contribution in [0.5, 0.6) is 0 Å². The molecule has 0 aliphatic carbocycles. The summed E-state index contributed by atoms with van der Waals surface area (Å²) in [7, 11) is 3.49. The van der Waals surface area contributed by atoms with Gasteiger partial charge in [0.05, 0.1) is 18.7 Å². The summed E-state index contributed by atoms with van der Waals surface area (Å²) in [5.74, 6) is 0.829. The predicted molar refractivity (Wildman–Crippen MR) is 84.7 cm³/mol. The molecule has 0 radical (unpaired) electrons. The van der Waals surface area contributed by atoms with Gasteiger partial charge in [-0.3, -0.25) is 9.69 Å². The second-order valence-corrected chi connectivity index (χ2v) is 6.06. The van der Waals surface area contributed by atoms with Crippen molar-refractivity contribution < 1.29 is 9.90 Å². The highest BCUT2D eigenvalue weighted by molar-refractivity contribution is 5.77. The van der Waals surface area contributed by atoms with Crippen molar-refractivity contribution in [3.05, 3.63) is 17.6 Å². The molecule has 0 bridgehead atoms. The molecule has 2 N–H and O–H groups in total. The van der Waals surface area contributed by atoms with E-state index in [1.165, 1.54) is 6.33 Å². The number of nitrogens with zero attached hydrogens (tertiary/aromatic N) is 4. The third kappa shape index (κ3) is 3.92. The summed E-state index contributed by atoms with van der Waals surface area (Å²) in [6.07, 6.45) is 1.77. The number of hydrogen-bond donors (Lipinski definition) is 2. The highest BCUT2D eigenvalue weighted by Crippen LogP contribution is 2.19. The largest absolute Gasteiger partial charge is 0.390 e. The molecule has 0 aromatic carbocycles. The Balaban J connectivity index is 1.93. The SMILES string of the molecule is Cc1ncnc(N[C@@H]2CCN(CC(=O)N(C)C)C[C@H]2O)c1C. The first-order valence-electron chi connectivity index (χ1n) is 7.53. The monoisotopic (exact) mass is 307 g/mol. The molecule has 122 valence electrons. The van der Waals surface area contributed by atoms with E-state index >= 15 is 0 Å². The van der Waals surface area contributed by atoms with E-state index in [0.29, 0.717) is 13.1 Å². The van der Waals surface area contributed by atoms with Gasteiger partial charge in [-0.1, -0.05) is 0 Å². The van der Waals surface area contributed by atoms with Crippen LogP contribution in [0.2, 0.25) is 0 Å². The fourth-order valence-corrected chi connectivity index (χ4v) is 2.50. The molecule has 1 aliphatic heterocycles. The van der Waals surface area contributed by atoms with Gasteiger partial charge in [0, 0.05) is 38.4 Å². The third-order valence-corrected chi connectivity index (χ3v) is 4.18. The Labute approximate surface area is 131 Å². The van der Waals surface area contributed by atoms with E-state index in [1.54, 1.807) is 19.0 Å². The van der Waals surface area contributed by atoms with Crippen LogP contribution in [0, 0.1) is 13.8 Å². The number of nitrogens with one attached hydrogen (secondary N) is 1. The van der Waals surface area contributed by atoms with Crippen LogP contribution in [0.1, 0.15) is 17.7 Å². The molecule has 2 heterocycles. The maximum absolute atomic E-state index is 11.7. The minimum absolute atomic E-state index is 0.0564. The molecule has 0 unspecified atom stereocenters. The van der Waals surface area contributed by atoms with Crippen LogP contribution in [-0.2, 0) is 4.79 Å². The molecule has 1 saturated heterocycles. The summed E-state index contributed by atoms with van der Waals surface area (Å²) in [5, 5.41) is 13.7. The Morgan fingerprint density at radius 1 is 1.45 bits per heavy atom. The molecular formula is C15H25N5O2. The van der Waals surface area contributed by atoms with Gasteiger partial charge >= 0.3 is 0 Å². The summed E-state index contributed by atoms with van der Waals surface area (Å²) in [5.41, 5.74) is 1.93. The van der Waals surface area contributed by atoms with Gasteiger partial charge in [0.15, 0.2) is 0 Å². The lowest BCUT2D eigenvalue weighted by atomic mass is 10.0. The molecular weight excluding hydrogens is 282 g/mol. The number of carbonyl (C=O) groups is 1. The van der Waals surface area contributed by atoms with E-state index in [1.807, 2.05) is 18.7 Å². The van der Waals surface area contributed by atoms with Crippen LogP contribution in [0.15, 0.2) is 6.33 Å². The highest BCUT2D eigenvalue weighted by atomic mass is 16.3. The smallest absolute Gasteiger partial charge is 0.236 e. The number of likely N-dealkylation sites (N-methyl/N-ethyl adjacent to an activating group) is 1. The number of piperidine rings is 1. The van der Waals surface area contributed by atoms with Crippen molar-refractivity contribution in [1.82, 2.24) is 19.8 Å². The quantitative estimate of drug-likeness (QED) is 0.817. The summed E-state index contributed by atoms with van der Waals surface area (Å²) in [4.78, 5) is 23.7. The first kappa shape index (κ1) is 16.6. The normalized spacial score (nSPS) is 22.4. The summed E-state index contributed by atoms with van der Waals surface area (Å²) < 4.78 is 0. The van der Waals surface area contributed by atoms with Gasteiger partial charge in [-0.05, 0) is 20.3 Å². The second kappa shape index (κ2) is 7.02. The molecule has 1 amide bonds. The number of aliphatic hydroxyl groups excluding tert-OH is 1. The Morgan fingerprint density at radius 2 is 2.18 bits per heavy atom. The van der Waals surface area contributed by atoms with Crippen LogP contribution in [-0.4, -0.2) is 76.7 Å². The summed E-state index contributed by atoms with van der Waals surface area (Å²) in [6, 6.07) is -0.0568. The number of aromatic nitrogens is 2. The number of carbonyl (C=O) groups excluding carboxylic acids is 1. The van der Waals surface area contributed by atoms with Gasteiger partial charge in [0.1, 0.15) is 12.1 Å². The molecule has 7 nitrogen and oxygen atoms in total. The van der Waals surface area contributed by atoms with Crippen molar-refractivity contribution in [1.29, 1.82) is 0 Å². The van der Waals surface area contributed by atoms with E-state index in [0.717, 1.165) is 30.0 Å². The molecule has 7 heteroatoms. The molecule has 1 aromatic heterocycles. The summed E-state index contributed by atoms with van der Waals surface area (Å²) >= 11 is 0. The van der Waals surface area contributed by atoms with Gasteiger partial charge < -0.3 is 15.3 Å².